The molecule has 0 saturated heterocycles. The Hall–Kier alpha value is -6.48. The quantitative estimate of drug-likeness (QED) is 0.0472. The zero-order chi connectivity index (χ0) is 38.5. The maximum absolute atomic E-state index is 12.0. The van der Waals surface area contributed by atoms with E-state index in [1.807, 2.05) is 99.1 Å². The van der Waals surface area contributed by atoms with Gasteiger partial charge in [0.05, 0.1) is 16.6 Å². The predicted octanol–water partition coefficient (Wildman–Crippen LogP) is -2.18. The molecule has 54 heavy (non-hydrogen) atoms. The summed E-state index contributed by atoms with van der Waals surface area (Å²) < 4.78 is 1.90. The van der Waals surface area contributed by atoms with Crippen molar-refractivity contribution in [3.63, 3.8) is 0 Å². The molecule has 0 aliphatic heterocycles. The van der Waals surface area contributed by atoms with Crippen LogP contribution in [0.5, 0.6) is 40.2 Å². The lowest BCUT2D eigenvalue weighted by atomic mass is 9.69. The summed E-state index contributed by atoms with van der Waals surface area (Å²) in [6.45, 7) is 0. The topological polar surface area (TPSA) is 159 Å². The van der Waals surface area contributed by atoms with E-state index in [9.17, 15) is 35.7 Å². The third kappa shape index (κ3) is 4.70. The summed E-state index contributed by atoms with van der Waals surface area (Å²) in [5.74, 6) is -1.98. The van der Waals surface area contributed by atoms with Crippen molar-refractivity contribution in [1.29, 1.82) is 0 Å². The highest BCUT2D eigenvalue weighted by Gasteiger charge is 2.30. The smallest absolute Gasteiger partial charge is 0.200 e. The van der Waals surface area contributed by atoms with Gasteiger partial charge in [-0.25, -0.2) is 4.98 Å². The first-order valence-corrected chi connectivity index (χ1v) is 17.5. The first-order chi connectivity index (χ1) is 25.8. The van der Waals surface area contributed by atoms with Crippen molar-refractivity contribution in [3.8, 4) is 79.6 Å². The maximum atomic E-state index is 12.0. The van der Waals surface area contributed by atoms with Gasteiger partial charge in [0.2, 0.25) is 0 Å². The van der Waals surface area contributed by atoms with Gasteiger partial charge in [-0.1, -0.05) is 71.0 Å². The highest BCUT2D eigenvalue weighted by atomic mass is 16.3. The fourth-order valence-corrected chi connectivity index (χ4v) is 7.90. The molecule has 0 atom stereocenters. The molecule has 0 radical (unpaired) electrons. The van der Waals surface area contributed by atoms with Crippen molar-refractivity contribution in [1.82, 2.24) is 9.55 Å². The number of aromatic hydroxyl groups is 7. The molecule has 0 aliphatic carbocycles. The molecular formula is C39H32B6N2O7. The molecule has 0 aliphatic rings. The Morgan fingerprint density at radius 1 is 0.389 bits per heavy atom. The van der Waals surface area contributed by atoms with Crippen LogP contribution in [0.15, 0.2) is 78.9 Å². The molecular weight excluding hydrogens is 673 g/mol. The molecule has 0 amide bonds. The number of fused-ring (bicyclic) bond motifs is 3. The van der Waals surface area contributed by atoms with Gasteiger partial charge < -0.3 is 35.7 Å². The van der Waals surface area contributed by atoms with Gasteiger partial charge in [-0.2, -0.15) is 0 Å². The zero-order valence-electron chi connectivity index (χ0n) is 30.5. The standard InChI is InChI=1S/C39H32B6N2O7/c40-26-25(35(51)37(53)29(43)28(26)42)39-46-17-8-4-5-9-18(17)47(39)16-12-10-15(11-13-16)19-21-22(34(50)38(54)36(52)27(21)41)20(14-6-2-1-3-7-14)24-23(19)32(48)30(44)31(45)33(24)49/h1-13,48-54H,40-45H2. The summed E-state index contributed by atoms with van der Waals surface area (Å²) in [5, 5.41) is 81.0. The molecule has 7 aromatic carbocycles. The maximum Gasteiger partial charge on any atom is 0.200 e. The van der Waals surface area contributed by atoms with Crippen LogP contribution in [0, 0.1) is 0 Å². The van der Waals surface area contributed by atoms with Crippen molar-refractivity contribution < 1.29 is 35.7 Å². The van der Waals surface area contributed by atoms with E-state index in [-0.39, 0.29) is 39.2 Å². The number of phenols is 7. The number of para-hydroxylation sites is 2. The number of nitrogens with zero attached hydrogens (tertiary/aromatic N) is 2. The van der Waals surface area contributed by atoms with Gasteiger partial charge in [0.15, 0.2) is 28.7 Å². The Bertz CT molecular complexity index is 2810. The highest BCUT2D eigenvalue weighted by molar-refractivity contribution is 6.60. The van der Waals surface area contributed by atoms with Gasteiger partial charge in [0.25, 0.3) is 0 Å². The summed E-state index contributed by atoms with van der Waals surface area (Å²) in [6, 6.07) is 24.1. The number of hydrogen-bond donors (Lipinski definition) is 7. The Kier molecular flexibility index (Phi) is 7.88. The van der Waals surface area contributed by atoms with Gasteiger partial charge in [-0.05, 0) is 57.2 Å². The van der Waals surface area contributed by atoms with E-state index in [0.717, 1.165) is 16.4 Å². The highest BCUT2D eigenvalue weighted by Crippen LogP contribution is 2.53. The predicted molar refractivity (Wildman–Crippen MR) is 233 cm³/mol. The van der Waals surface area contributed by atoms with E-state index in [0.29, 0.717) is 72.0 Å². The van der Waals surface area contributed by atoms with Crippen molar-refractivity contribution in [3.05, 3.63) is 78.9 Å². The number of aromatic nitrogens is 2. The number of phenolic OH excluding ortho intramolecular Hbond substituents is 7. The minimum Gasteiger partial charge on any atom is -0.508 e. The molecule has 1 aromatic heterocycles. The molecule has 0 unspecified atom stereocenters. The minimum absolute atomic E-state index is 0.0756. The average molecular weight is 706 g/mol. The summed E-state index contributed by atoms with van der Waals surface area (Å²) in [4.78, 5) is 4.92. The molecule has 7 N–H and O–H groups in total. The van der Waals surface area contributed by atoms with Gasteiger partial charge in [0.1, 0.15) is 64.4 Å². The van der Waals surface area contributed by atoms with Crippen LogP contribution in [0.4, 0.5) is 0 Å². The molecule has 8 aromatic rings. The molecule has 0 saturated carbocycles. The second kappa shape index (κ2) is 12.3. The summed E-state index contributed by atoms with van der Waals surface area (Å²) in [7, 11) is 10.6. The molecule has 15 heteroatoms. The third-order valence-corrected chi connectivity index (χ3v) is 11.2. The molecule has 1 heterocycles. The van der Waals surface area contributed by atoms with Crippen LogP contribution in [0.1, 0.15) is 0 Å². The van der Waals surface area contributed by atoms with Gasteiger partial charge in [-0.15, -0.1) is 0 Å². The van der Waals surface area contributed by atoms with Crippen molar-refractivity contribution in [2.75, 3.05) is 0 Å². The van der Waals surface area contributed by atoms with Gasteiger partial charge in [-0.3, -0.25) is 4.57 Å². The molecule has 258 valence electrons. The van der Waals surface area contributed by atoms with E-state index in [2.05, 4.69) is 0 Å². The average Bonchev–Trinajstić information content (AvgIpc) is 3.57. The lowest BCUT2D eigenvalue weighted by molar-refractivity contribution is 0.373. The monoisotopic (exact) mass is 706 g/mol. The first-order valence-electron chi connectivity index (χ1n) is 17.5. The second-order valence-electron chi connectivity index (χ2n) is 14.0. The largest absolute Gasteiger partial charge is 0.508 e. The van der Waals surface area contributed by atoms with E-state index >= 15 is 0 Å². The van der Waals surface area contributed by atoms with Crippen molar-refractivity contribution in [2.45, 2.75) is 0 Å². The Balaban J connectivity index is 1.49. The molecule has 0 spiro atoms. The van der Waals surface area contributed by atoms with Crippen LogP contribution < -0.4 is 32.8 Å². The number of benzene rings is 7. The van der Waals surface area contributed by atoms with Crippen LogP contribution in [0.2, 0.25) is 0 Å². The lowest BCUT2D eigenvalue weighted by Gasteiger charge is -2.24. The van der Waals surface area contributed by atoms with Gasteiger partial charge >= 0.3 is 0 Å². The molecule has 0 fully saturated rings. The SMILES string of the molecule is Bc1c(B)c(O)c(O)c(-c2nc3ccccc3n2-c2ccc(-c3c4c(B)c(O)c(O)c(O)c4c(-c4ccccc4)c4c(O)c(B)c(B)c(O)c34)cc2)c1B. The third-order valence-electron chi connectivity index (χ3n) is 11.2. The number of imidazole rings is 1. The minimum atomic E-state index is -0.694. The Labute approximate surface area is 315 Å². The summed E-state index contributed by atoms with van der Waals surface area (Å²) >= 11 is 0. The van der Waals surface area contributed by atoms with Crippen molar-refractivity contribution >= 4 is 112 Å². The Morgan fingerprint density at radius 2 is 0.889 bits per heavy atom. The zero-order valence-corrected chi connectivity index (χ0v) is 30.5. The van der Waals surface area contributed by atoms with E-state index in [1.54, 1.807) is 31.4 Å². The van der Waals surface area contributed by atoms with E-state index in [4.69, 9.17) is 4.98 Å². The summed E-state index contributed by atoms with van der Waals surface area (Å²) in [6.07, 6.45) is 0. The molecule has 0 bridgehead atoms. The van der Waals surface area contributed by atoms with E-state index in [1.165, 1.54) is 0 Å². The van der Waals surface area contributed by atoms with Crippen LogP contribution in [-0.2, 0) is 0 Å². The van der Waals surface area contributed by atoms with Crippen LogP contribution in [0.3, 0.4) is 0 Å². The van der Waals surface area contributed by atoms with E-state index < -0.39 is 17.2 Å². The first kappa shape index (κ1) is 34.6. The fourth-order valence-electron chi connectivity index (χ4n) is 7.90. The normalized spacial score (nSPS) is 11.6. The van der Waals surface area contributed by atoms with Crippen LogP contribution in [0.25, 0.3) is 71.9 Å². The number of rotatable bonds is 4. The van der Waals surface area contributed by atoms with Crippen LogP contribution in [-0.4, -0.2) is 92.4 Å². The van der Waals surface area contributed by atoms with Gasteiger partial charge in [0, 0.05) is 33.0 Å². The van der Waals surface area contributed by atoms with Crippen molar-refractivity contribution in [2.24, 2.45) is 0 Å². The van der Waals surface area contributed by atoms with Crippen LogP contribution >= 0.6 is 0 Å². The fraction of sp³-hybridized carbons (Fsp3) is 0. The molecule has 8 rings (SSSR count). The Morgan fingerprint density at radius 3 is 1.52 bits per heavy atom. The molecule has 9 nitrogen and oxygen atoms in total. The second-order valence-corrected chi connectivity index (χ2v) is 14.0. The summed E-state index contributed by atoms with van der Waals surface area (Å²) in [5.41, 5.74) is 7.86. The lowest BCUT2D eigenvalue weighted by Crippen LogP contribution is -2.40. The number of hydrogen-bond acceptors (Lipinski definition) is 8.